The minimum absolute atomic E-state index is 0.0414. The van der Waals surface area contributed by atoms with Crippen LogP contribution in [0.25, 0.3) is 16.9 Å². The van der Waals surface area contributed by atoms with Crippen molar-refractivity contribution in [3.63, 3.8) is 0 Å². The number of nitrogens with one attached hydrogen (secondary N) is 1. The van der Waals surface area contributed by atoms with Crippen LogP contribution in [0.5, 0.6) is 5.75 Å². The lowest BCUT2D eigenvalue weighted by Gasteiger charge is -2.18. The molecule has 4 aromatic rings. The van der Waals surface area contributed by atoms with Gasteiger partial charge in [-0.15, -0.1) is 5.10 Å². The van der Waals surface area contributed by atoms with Crippen LogP contribution in [0.15, 0.2) is 35.7 Å². The summed E-state index contributed by atoms with van der Waals surface area (Å²) in [4.78, 5) is 9.40. The van der Waals surface area contributed by atoms with Gasteiger partial charge in [-0.25, -0.2) is 22.6 Å². The number of benzene rings is 1. The number of aromatic nitrogens is 6. The topological polar surface area (TPSA) is 155 Å². The zero-order valence-corrected chi connectivity index (χ0v) is 27.3. The zero-order valence-electron chi connectivity index (χ0n) is 25.6. The van der Waals surface area contributed by atoms with Gasteiger partial charge >= 0.3 is 0 Å². The fraction of sp³-hybridized carbons (Fsp3) is 0.481. The monoisotopic (exact) mass is 652 g/mol. The summed E-state index contributed by atoms with van der Waals surface area (Å²) in [6.45, 7) is 9.87. The van der Waals surface area contributed by atoms with Gasteiger partial charge in [0.05, 0.1) is 35.7 Å². The van der Waals surface area contributed by atoms with Crippen molar-refractivity contribution in [3.05, 3.63) is 42.2 Å². The normalized spacial score (nSPS) is 13.6. The molecule has 3 aromatic heterocycles. The molecule has 44 heavy (non-hydrogen) atoms. The minimum atomic E-state index is -3.55. The highest BCUT2D eigenvalue weighted by Crippen LogP contribution is 2.33. The van der Waals surface area contributed by atoms with E-state index in [9.17, 15) is 12.6 Å². The molecule has 0 saturated carbocycles. The van der Waals surface area contributed by atoms with Crippen LogP contribution in [0.4, 0.5) is 16.0 Å². The molecule has 2 atom stereocenters. The summed E-state index contributed by atoms with van der Waals surface area (Å²) >= 11 is 0. The molecule has 0 spiro atoms. The standard InChI is InChI=1S/C27H37FN8O6S2/c1-8-40-19(5)35-15-20(14-30-35)24-25(42-17(2)3)26-32-27(33-36(26)16-29-24)31-21-10-11-22(18(4)23(21)28)43(37)34(6)12-9-13-41-44(7,38)39/h10-11,14-17,19H,8-9,12-13H2,1-7H3,(H,31,33). The van der Waals surface area contributed by atoms with Crippen LogP contribution in [0.3, 0.4) is 0 Å². The Morgan fingerprint density at radius 2 is 1.98 bits per heavy atom. The second-order valence-electron chi connectivity index (χ2n) is 10.2. The Morgan fingerprint density at radius 3 is 2.66 bits per heavy atom. The number of nitrogens with zero attached hydrogens (tertiary/aromatic N) is 7. The first-order valence-corrected chi connectivity index (χ1v) is 16.8. The van der Waals surface area contributed by atoms with Gasteiger partial charge in [0.1, 0.15) is 29.2 Å². The molecule has 4 rings (SSSR count). The Bertz CT molecular complexity index is 1740. The van der Waals surface area contributed by atoms with Crippen LogP contribution in [0, 0.1) is 12.7 Å². The van der Waals surface area contributed by atoms with E-state index in [0.29, 0.717) is 35.7 Å². The summed E-state index contributed by atoms with van der Waals surface area (Å²) in [6.07, 6.45) is 5.79. The summed E-state index contributed by atoms with van der Waals surface area (Å²) in [6, 6.07) is 3.02. The van der Waals surface area contributed by atoms with E-state index in [1.165, 1.54) is 28.1 Å². The van der Waals surface area contributed by atoms with Gasteiger partial charge in [0, 0.05) is 37.5 Å². The second kappa shape index (κ2) is 14.1. The summed E-state index contributed by atoms with van der Waals surface area (Å²) in [5.74, 6) is -0.121. The van der Waals surface area contributed by atoms with Gasteiger partial charge in [-0.2, -0.15) is 23.0 Å². The third-order valence-electron chi connectivity index (χ3n) is 6.32. The second-order valence-corrected chi connectivity index (χ2v) is 13.4. The van der Waals surface area contributed by atoms with Gasteiger partial charge < -0.3 is 14.8 Å². The van der Waals surface area contributed by atoms with Crippen LogP contribution >= 0.6 is 0 Å². The molecule has 2 unspecified atom stereocenters. The first kappa shape index (κ1) is 33.4. The van der Waals surface area contributed by atoms with E-state index in [-0.39, 0.29) is 47.6 Å². The van der Waals surface area contributed by atoms with Crippen molar-refractivity contribution in [2.75, 3.05) is 38.4 Å². The molecular weight excluding hydrogens is 615 g/mol. The largest absolute Gasteiger partial charge is 0.485 e. The maximum absolute atomic E-state index is 15.5. The molecule has 0 amide bonds. The zero-order chi connectivity index (χ0) is 32.2. The van der Waals surface area contributed by atoms with E-state index in [2.05, 4.69) is 25.5 Å². The molecular formula is C27H37FN8O6S2. The van der Waals surface area contributed by atoms with Crippen LogP contribution in [0.1, 0.15) is 45.9 Å². The van der Waals surface area contributed by atoms with Crippen LogP contribution in [-0.4, -0.2) is 85.5 Å². The lowest BCUT2D eigenvalue weighted by Crippen LogP contribution is -2.24. The third-order valence-corrected chi connectivity index (χ3v) is 8.49. The molecule has 0 radical (unpaired) electrons. The van der Waals surface area contributed by atoms with Gasteiger partial charge in [-0.05, 0) is 53.2 Å². The number of hydrogen-bond acceptors (Lipinski definition) is 11. The number of rotatable bonds is 15. The van der Waals surface area contributed by atoms with Gasteiger partial charge in [0.2, 0.25) is 11.6 Å². The highest BCUT2D eigenvalue weighted by atomic mass is 32.2. The summed E-state index contributed by atoms with van der Waals surface area (Å²) < 4.78 is 71.9. The quantitative estimate of drug-likeness (QED) is 0.147. The predicted octanol–water partition coefficient (Wildman–Crippen LogP) is 3.84. The summed E-state index contributed by atoms with van der Waals surface area (Å²) in [7, 11) is -3.64. The Hall–Kier alpha value is -3.51. The molecule has 240 valence electrons. The number of hydrogen-bond donors (Lipinski definition) is 1. The molecule has 3 heterocycles. The minimum Gasteiger partial charge on any atom is -0.485 e. The van der Waals surface area contributed by atoms with E-state index in [4.69, 9.17) is 13.7 Å². The van der Waals surface area contributed by atoms with Crippen molar-refractivity contribution in [2.45, 2.75) is 58.3 Å². The lowest BCUT2D eigenvalue weighted by atomic mass is 10.2. The Labute approximate surface area is 258 Å². The smallest absolute Gasteiger partial charge is 0.264 e. The maximum Gasteiger partial charge on any atom is 0.264 e. The van der Waals surface area contributed by atoms with E-state index in [0.717, 1.165) is 6.26 Å². The lowest BCUT2D eigenvalue weighted by molar-refractivity contribution is 0.0160. The first-order valence-electron chi connectivity index (χ1n) is 13.9. The molecule has 0 aliphatic rings. The van der Waals surface area contributed by atoms with Gasteiger partial charge in [0.15, 0.2) is 11.6 Å². The molecule has 17 heteroatoms. The maximum atomic E-state index is 15.5. The van der Waals surface area contributed by atoms with Crippen LogP contribution in [0.2, 0.25) is 0 Å². The molecule has 1 aromatic carbocycles. The molecule has 0 bridgehead atoms. The fourth-order valence-corrected chi connectivity index (χ4v) is 5.82. The predicted molar refractivity (Wildman–Crippen MR) is 163 cm³/mol. The summed E-state index contributed by atoms with van der Waals surface area (Å²) in [5, 5.41) is 11.7. The molecule has 0 aliphatic heterocycles. The molecule has 14 nitrogen and oxygen atoms in total. The third kappa shape index (κ3) is 7.95. The average molecular weight is 653 g/mol. The van der Waals surface area contributed by atoms with Crippen molar-refractivity contribution in [3.8, 4) is 17.0 Å². The van der Waals surface area contributed by atoms with Crippen molar-refractivity contribution in [2.24, 2.45) is 0 Å². The highest BCUT2D eigenvalue weighted by Gasteiger charge is 2.22. The van der Waals surface area contributed by atoms with E-state index < -0.39 is 26.9 Å². The number of anilines is 2. The van der Waals surface area contributed by atoms with Crippen molar-refractivity contribution in [1.82, 2.24) is 33.7 Å². The molecule has 0 aliphatic carbocycles. The number of halogens is 1. The van der Waals surface area contributed by atoms with Crippen LogP contribution in [-0.2, 0) is 30.0 Å². The number of ether oxygens (including phenoxy) is 2. The van der Waals surface area contributed by atoms with Gasteiger partial charge in [-0.1, -0.05) is 0 Å². The average Bonchev–Trinajstić information content (AvgIpc) is 3.60. The van der Waals surface area contributed by atoms with Crippen molar-refractivity contribution < 1.29 is 30.7 Å². The Kier molecular flexibility index (Phi) is 10.7. The number of fused-ring (bicyclic) bond motifs is 1. The molecule has 0 saturated heterocycles. The van der Waals surface area contributed by atoms with Crippen molar-refractivity contribution >= 4 is 38.4 Å². The van der Waals surface area contributed by atoms with E-state index in [1.807, 2.05) is 33.9 Å². The van der Waals surface area contributed by atoms with Crippen LogP contribution < -0.4 is 10.1 Å². The Balaban J connectivity index is 1.57. The van der Waals surface area contributed by atoms with E-state index in [1.54, 1.807) is 24.0 Å². The SMILES string of the molecule is CCOC(C)n1cc(-c2ncn3nc(Nc4ccc(S(=O)N(C)CCCOS(C)(=O)=O)c(C)c4F)nc3c2OC(C)C)cn1. The first-order chi connectivity index (χ1) is 20.8. The van der Waals surface area contributed by atoms with Gasteiger partial charge in [-0.3, -0.25) is 4.18 Å². The highest BCUT2D eigenvalue weighted by molar-refractivity contribution is 7.86. The van der Waals surface area contributed by atoms with Crippen molar-refractivity contribution in [1.29, 1.82) is 0 Å². The fourth-order valence-electron chi connectivity index (χ4n) is 4.24. The van der Waals surface area contributed by atoms with Gasteiger partial charge in [0.25, 0.3) is 10.1 Å². The molecule has 0 fully saturated rings. The molecule has 1 N–H and O–H groups in total. The Morgan fingerprint density at radius 1 is 1.23 bits per heavy atom. The summed E-state index contributed by atoms with van der Waals surface area (Å²) in [5.41, 5.74) is 1.86. The van der Waals surface area contributed by atoms with E-state index >= 15 is 4.39 Å².